The van der Waals surface area contributed by atoms with E-state index in [4.69, 9.17) is 5.73 Å². The van der Waals surface area contributed by atoms with Gasteiger partial charge in [-0.15, -0.1) is 0 Å². The van der Waals surface area contributed by atoms with Crippen LogP contribution in [0.2, 0.25) is 0 Å². The second-order valence-electron chi connectivity index (χ2n) is 5.75. The monoisotopic (exact) mass is 215 g/mol. The second-order valence-corrected chi connectivity index (χ2v) is 5.75. The largest absolute Gasteiger partial charge is 0.480 e. The van der Waals surface area contributed by atoms with Crippen LogP contribution in [0.3, 0.4) is 0 Å². The van der Waals surface area contributed by atoms with E-state index in [0.717, 1.165) is 6.42 Å². The standard InChI is InChI=1S/C12H25NO2/c1-6-11(4,5)8-12(13,10(14)15)7-9(2)3/h9H,6-8,13H2,1-5H3,(H,14,15). The normalized spacial score (nSPS) is 16.5. The van der Waals surface area contributed by atoms with Crippen molar-refractivity contribution < 1.29 is 9.90 Å². The van der Waals surface area contributed by atoms with Crippen molar-refractivity contribution in [1.29, 1.82) is 0 Å². The van der Waals surface area contributed by atoms with Gasteiger partial charge in [-0.1, -0.05) is 41.0 Å². The zero-order valence-electron chi connectivity index (χ0n) is 10.6. The second kappa shape index (κ2) is 4.97. The third-order valence-electron chi connectivity index (χ3n) is 2.95. The smallest absolute Gasteiger partial charge is 0.323 e. The Bertz CT molecular complexity index is 224. The topological polar surface area (TPSA) is 63.3 Å². The fraction of sp³-hybridized carbons (Fsp3) is 0.917. The Labute approximate surface area is 93.0 Å². The molecule has 0 fully saturated rings. The van der Waals surface area contributed by atoms with Crippen LogP contribution in [0, 0.1) is 11.3 Å². The Balaban J connectivity index is 4.73. The number of carboxylic acids is 1. The molecule has 0 spiro atoms. The number of nitrogens with two attached hydrogens (primary N) is 1. The first kappa shape index (κ1) is 14.4. The maximum atomic E-state index is 11.2. The third-order valence-corrected chi connectivity index (χ3v) is 2.95. The molecule has 0 amide bonds. The van der Waals surface area contributed by atoms with Crippen molar-refractivity contribution in [2.75, 3.05) is 0 Å². The van der Waals surface area contributed by atoms with E-state index in [-0.39, 0.29) is 5.41 Å². The molecule has 90 valence electrons. The first-order valence-corrected chi connectivity index (χ1v) is 5.65. The van der Waals surface area contributed by atoms with Gasteiger partial charge in [0.25, 0.3) is 0 Å². The van der Waals surface area contributed by atoms with E-state index in [2.05, 4.69) is 20.8 Å². The molecule has 3 heteroatoms. The molecule has 0 aromatic heterocycles. The molecule has 0 heterocycles. The first-order chi connectivity index (χ1) is 6.63. The molecule has 3 nitrogen and oxygen atoms in total. The number of aliphatic carboxylic acids is 1. The van der Waals surface area contributed by atoms with Crippen LogP contribution in [-0.4, -0.2) is 16.6 Å². The van der Waals surface area contributed by atoms with Crippen LogP contribution in [0.1, 0.15) is 53.9 Å². The molecular weight excluding hydrogens is 190 g/mol. The highest BCUT2D eigenvalue weighted by Gasteiger charge is 2.39. The molecule has 0 aliphatic rings. The van der Waals surface area contributed by atoms with Gasteiger partial charge in [0.05, 0.1) is 0 Å². The van der Waals surface area contributed by atoms with Gasteiger partial charge in [-0.05, 0) is 24.2 Å². The molecule has 1 atom stereocenters. The minimum atomic E-state index is -1.08. The highest BCUT2D eigenvalue weighted by Crippen LogP contribution is 2.33. The van der Waals surface area contributed by atoms with Gasteiger partial charge >= 0.3 is 5.97 Å². The molecule has 0 saturated carbocycles. The Morgan fingerprint density at radius 1 is 1.40 bits per heavy atom. The molecule has 15 heavy (non-hydrogen) atoms. The first-order valence-electron chi connectivity index (χ1n) is 5.65. The van der Waals surface area contributed by atoms with E-state index in [1.165, 1.54) is 0 Å². The number of carboxylic acid groups (broad SMARTS) is 1. The Morgan fingerprint density at radius 2 is 1.87 bits per heavy atom. The third kappa shape index (κ3) is 4.65. The summed E-state index contributed by atoms with van der Waals surface area (Å²) >= 11 is 0. The van der Waals surface area contributed by atoms with E-state index in [9.17, 15) is 9.90 Å². The van der Waals surface area contributed by atoms with E-state index < -0.39 is 11.5 Å². The van der Waals surface area contributed by atoms with Gasteiger partial charge in [0.15, 0.2) is 0 Å². The van der Waals surface area contributed by atoms with Crippen molar-refractivity contribution >= 4 is 5.97 Å². The number of carbonyl (C=O) groups is 1. The molecule has 3 N–H and O–H groups in total. The van der Waals surface area contributed by atoms with E-state index in [1.807, 2.05) is 13.8 Å². The molecular formula is C12H25NO2. The van der Waals surface area contributed by atoms with Crippen molar-refractivity contribution in [2.45, 2.75) is 59.4 Å². The van der Waals surface area contributed by atoms with Crippen LogP contribution < -0.4 is 5.73 Å². The van der Waals surface area contributed by atoms with Crippen LogP contribution in [0.15, 0.2) is 0 Å². The van der Waals surface area contributed by atoms with Crippen molar-refractivity contribution in [2.24, 2.45) is 17.1 Å². The van der Waals surface area contributed by atoms with Gasteiger partial charge in [0.1, 0.15) is 5.54 Å². The lowest BCUT2D eigenvalue weighted by Crippen LogP contribution is -2.51. The number of rotatable bonds is 6. The summed E-state index contributed by atoms with van der Waals surface area (Å²) in [4.78, 5) is 11.2. The molecule has 0 rings (SSSR count). The summed E-state index contributed by atoms with van der Waals surface area (Å²) in [5.41, 5.74) is 4.92. The summed E-state index contributed by atoms with van der Waals surface area (Å²) in [7, 11) is 0. The van der Waals surface area contributed by atoms with Crippen molar-refractivity contribution in [1.82, 2.24) is 0 Å². The SMILES string of the molecule is CCC(C)(C)CC(N)(CC(C)C)C(=O)O. The fourth-order valence-electron chi connectivity index (χ4n) is 1.94. The van der Waals surface area contributed by atoms with Crippen LogP contribution in [0.4, 0.5) is 0 Å². The maximum Gasteiger partial charge on any atom is 0.323 e. The minimum Gasteiger partial charge on any atom is -0.480 e. The lowest BCUT2D eigenvalue weighted by atomic mass is 9.74. The average Bonchev–Trinajstić information content (AvgIpc) is 2.01. The van der Waals surface area contributed by atoms with E-state index in [1.54, 1.807) is 0 Å². The predicted octanol–water partition coefficient (Wildman–Crippen LogP) is 2.64. The average molecular weight is 215 g/mol. The minimum absolute atomic E-state index is 0.0119. The molecule has 1 unspecified atom stereocenters. The summed E-state index contributed by atoms with van der Waals surface area (Å²) < 4.78 is 0. The van der Waals surface area contributed by atoms with Gasteiger partial charge in [-0.2, -0.15) is 0 Å². The summed E-state index contributed by atoms with van der Waals surface area (Å²) in [6.45, 7) is 10.2. The van der Waals surface area contributed by atoms with Crippen LogP contribution in [0.5, 0.6) is 0 Å². The summed E-state index contributed by atoms with van der Waals surface area (Å²) in [6, 6.07) is 0. The number of hydrogen-bond donors (Lipinski definition) is 2. The molecule has 0 saturated heterocycles. The lowest BCUT2D eigenvalue weighted by molar-refractivity contribution is -0.145. The Kier molecular flexibility index (Phi) is 4.78. The van der Waals surface area contributed by atoms with Crippen LogP contribution in [0.25, 0.3) is 0 Å². The summed E-state index contributed by atoms with van der Waals surface area (Å²) in [5, 5.41) is 9.22. The maximum absolute atomic E-state index is 11.2. The van der Waals surface area contributed by atoms with Gasteiger partial charge in [0.2, 0.25) is 0 Å². The Morgan fingerprint density at radius 3 is 2.13 bits per heavy atom. The molecule has 0 aliphatic carbocycles. The molecule has 0 aromatic rings. The van der Waals surface area contributed by atoms with Gasteiger partial charge in [0, 0.05) is 0 Å². The summed E-state index contributed by atoms with van der Waals surface area (Å²) in [6.07, 6.45) is 2.01. The summed E-state index contributed by atoms with van der Waals surface area (Å²) in [5.74, 6) is -0.573. The molecule has 0 aliphatic heterocycles. The highest BCUT2D eigenvalue weighted by molar-refractivity contribution is 5.78. The Hall–Kier alpha value is -0.570. The quantitative estimate of drug-likeness (QED) is 0.716. The van der Waals surface area contributed by atoms with Gasteiger partial charge in [-0.3, -0.25) is 4.79 Å². The van der Waals surface area contributed by atoms with Crippen LogP contribution >= 0.6 is 0 Å². The van der Waals surface area contributed by atoms with Gasteiger partial charge in [-0.25, -0.2) is 0 Å². The van der Waals surface area contributed by atoms with Crippen molar-refractivity contribution in [3.8, 4) is 0 Å². The lowest BCUT2D eigenvalue weighted by Gasteiger charge is -2.34. The molecule has 0 aromatic carbocycles. The van der Waals surface area contributed by atoms with Gasteiger partial charge < -0.3 is 10.8 Å². The highest BCUT2D eigenvalue weighted by atomic mass is 16.4. The van der Waals surface area contributed by atoms with E-state index >= 15 is 0 Å². The van der Waals surface area contributed by atoms with Crippen molar-refractivity contribution in [3.05, 3.63) is 0 Å². The molecule has 0 bridgehead atoms. The molecule has 0 radical (unpaired) electrons. The zero-order chi connectivity index (χ0) is 12.3. The van der Waals surface area contributed by atoms with Crippen LogP contribution in [-0.2, 0) is 4.79 Å². The number of hydrogen-bond acceptors (Lipinski definition) is 2. The predicted molar refractivity (Wildman–Crippen MR) is 62.7 cm³/mol. The fourth-order valence-corrected chi connectivity index (χ4v) is 1.94. The van der Waals surface area contributed by atoms with E-state index in [0.29, 0.717) is 18.8 Å². The zero-order valence-corrected chi connectivity index (χ0v) is 10.6. The van der Waals surface area contributed by atoms with Crippen molar-refractivity contribution in [3.63, 3.8) is 0 Å².